The fourth-order valence-electron chi connectivity index (χ4n) is 10.6. The number of rotatable bonds is 5. The molecule has 0 aromatic rings. The smallest absolute Gasteiger partial charge is 0.0771 e. The third-order valence-corrected chi connectivity index (χ3v) is 11.3. The SMILES string of the molecule is CCN1C[C@]2(COC)C(O)C[C@H](OC)[C@@]34[C@@H]5C[C@H]6[C@H](O)[C@@H]5[C@](O)(C[C@@H]6OC)[C@@H](C[C@H]23)[C@@H]14. The zero-order valence-corrected chi connectivity index (χ0v) is 19.2. The lowest BCUT2D eigenvalue weighted by Gasteiger charge is -2.70. The van der Waals surface area contributed by atoms with E-state index in [1.54, 1.807) is 21.3 Å². The van der Waals surface area contributed by atoms with E-state index < -0.39 is 17.8 Å². The minimum Gasteiger partial charge on any atom is -0.392 e. The van der Waals surface area contributed by atoms with E-state index in [1.165, 1.54) is 0 Å². The van der Waals surface area contributed by atoms with E-state index in [0.717, 1.165) is 25.9 Å². The van der Waals surface area contributed by atoms with Crippen molar-refractivity contribution in [1.82, 2.24) is 4.90 Å². The minimum atomic E-state index is -0.940. The summed E-state index contributed by atoms with van der Waals surface area (Å²) in [6, 6.07) is 0.206. The van der Waals surface area contributed by atoms with Crippen molar-refractivity contribution in [2.75, 3.05) is 41.0 Å². The first-order valence-corrected chi connectivity index (χ1v) is 12.2. The number of methoxy groups -OCH3 is 3. The Labute approximate surface area is 185 Å². The number of aliphatic hydroxyl groups excluding tert-OH is 2. The molecular formula is C24H39NO6. The Kier molecular flexibility index (Phi) is 4.56. The lowest BCUT2D eigenvalue weighted by molar-refractivity contribution is -0.294. The lowest BCUT2D eigenvalue weighted by atomic mass is 9.42. The van der Waals surface area contributed by atoms with E-state index in [1.807, 2.05) is 0 Å². The second kappa shape index (κ2) is 6.65. The molecule has 1 unspecified atom stereocenters. The third-order valence-electron chi connectivity index (χ3n) is 11.3. The van der Waals surface area contributed by atoms with Crippen molar-refractivity contribution in [1.29, 1.82) is 0 Å². The molecule has 31 heavy (non-hydrogen) atoms. The van der Waals surface area contributed by atoms with Crippen LogP contribution in [0.3, 0.4) is 0 Å². The van der Waals surface area contributed by atoms with Gasteiger partial charge in [-0.25, -0.2) is 0 Å². The first kappa shape index (κ1) is 21.3. The molecule has 7 bridgehead atoms. The van der Waals surface area contributed by atoms with Gasteiger partial charge in [-0.05, 0) is 31.2 Å². The van der Waals surface area contributed by atoms with E-state index >= 15 is 0 Å². The summed E-state index contributed by atoms with van der Waals surface area (Å²) in [6.07, 6.45) is 1.71. The summed E-state index contributed by atoms with van der Waals surface area (Å²) in [5.74, 6) is 0.352. The average Bonchev–Trinajstić information content (AvgIpc) is 3.17. The van der Waals surface area contributed by atoms with Gasteiger partial charge in [0.25, 0.3) is 0 Å². The van der Waals surface area contributed by atoms with Gasteiger partial charge in [-0.15, -0.1) is 0 Å². The van der Waals surface area contributed by atoms with Gasteiger partial charge >= 0.3 is 0 Å². The number of ether oxygens (including phenoxy) is 3. The standard InChI is InChI=1S/C24H39NO6/c1-5-25-10-22(11-29-2)16-7-14-21(25)24(16,18(31-4)8-17(22)26)13-6-12-15(30-3)9-23(14,28)19(13)20(12)27/h12-21,26-28H,5-11H2,1-4H3/t12-,13-,14+,15+,16-,17?,18+,19-,20+,21-,22-,23+,24-/m1/s1. The maximum absolute atomic E-state index is 12.4. The van der Waals surface area contributed by atoms with Crippen LogP contribution in [0.15, 0.2) is 0 Å². The van der Waals surface area contributed by atoms with Crippen molar-refractivity contribution < 1.29 is 29.5 Å². The number of likely N-dealkylation sites (tertiary alicyclic amines) is 1. The summed E-state index contributed by atoms with van der Waals surface area (Å²) in [5.41, 5.74) is -1.48. The number of nitrogens with zero attached hydrogens (tertiary/aromatic N) is 1. The van der Waals surface area contributed by atoms with Crippen LogP contribution in [0.1, 0.15) is 32.6 Å². The van der Waals surface area contributed by atoms with Crippen LogP contribution in [-0.2, 0) is 14.2 Å². The zero-order chi connectivity index (χ0) is 21.9. The van der Waals surface area contributed by atoms with Gasteiger partial charge in [-0.2, -0.15) is 0 Å². The van der Waals surface area contributed by atoms with Crippen LogP contribution in [0.25, 0.3) is 0 Å². The van der Waals surface area contributed by atoms with E-state index in [2.05, 4.69) is 11.8 Å². The predicted molar refractivity (Wildman–Crippen MR) is 112 cm³/mol. The molecule has 1 saturated heterocycles. The molecule has 0 aromatic carbocycles. The fraction of sp³-hybridized carbons (Fsp3) is 1.00. The predicted octanol–water partition coefficient (Wildman–Crippen LogP) is 0.502. The van der Waals surface area contributed by atoms with Gasteiger partial charge in [0.05, 0.1) is 36.6 Å². The summed E-state index contributed by atoms with van der Waals surface area (Å²) in [6.45, 7) is 4.39. The number of fused-ring (bicyclic) bond motifs is 2. The minimum absolute atomic E-state index is 0.0479. The molecule has 0 radical (unpaired) electrons. The maximum Gasteiger partial charge on any atom is 0.0771 e. The van der Waals surface area contributed by atoms with Gasteiger partial charge in [-0.3, -0.25) is 4.90 Å². The molecule has 13 atom stereocenters. The van der Waals surface area contributed by atoms with E-state index in [4.69, 9.17) is 14.2 Å². The third kappa shape index (κ3) is 2.12. The Balaban J connectivity index is 1.60. The second-order valence-electron chi connectivity index (χ2n) is 11.5. The number of hydrogen-bond acceptors (Lipinski definition) is 7. The second-order valence-corrected chi connectivity index (χ2v) is 11.5. The normalized spacial score (nSPS) is 61.6. The summed E-state index contributed by atoms with van der Waals surface area (Å²) in [4.78, 5) is 2.52. The molecule has 6 fully saturated rings. The van der Waals surface area contributed by atoms with Crippen LogP contribution in [-0.4, -0.2) is 97.3 Å². The highest BCUT2D eigenvalue weighted by atomic mass is 16.5. The molecule has 1 aliphatic heterocycles. The first-order chi connectivity index (χ1) is 14.8. The van der Waals surface area contributed by atoms with Crippen LogP contribution in [0.4, 0.5) is 0 Å². The van der Waals surface area contributed by atoms with Crippen LogP contribution >= 0.6 is 0 Å². The number of piperidine rings is 1. The molecule has 7 heteroatoms. The first-order valence-electron chi connectivity index (χ1n) is 12.2. The molecule has 0 aromatic heterocycles. The Hall–Kier alpha value is -0.280. The molecule has 5 aliphatic carbocycles. The van der Waals surface area contributed by atoms with Crippen molar-refractivity contribution >= 4 is 0 Å². The molecule has 7 nitrogen and oxygen atoms in total. The Bertz CT molecular complexity index is 752. The van der Waals surface area contributed by atoms with Gasteiger partial charge in [0, 0.05) is 75.3 Å². The van der Waals surface area contributed by atoms with E-state index in [9.17, 15) is 15.3 Å². The topological polar surface area (TPSA) is 91.6 Å². The number of hydrogen-bond donors (Lipinski definition) is 3. The highest BCUT2D eigenvalue weighted by Crippen LogP contribution is 2.79. The highest BCUT2D eigenvalue weighted by molar-refractivity contribution is 5.34. The van der Waals surface area contributed by atoms with Crippen LogP contribution in [0, 0.1) is 40.4 Å². The lowest BCUT2D eigenvalue weighted by Crippen LogP contribution is -2.78. The zero-order valence-electron chi connectivity index (χ0n) is 19.2. The summed E-state index contributed by atoms with van der Waals surface area (Å²) >= 11 is 0. The quantitative estimate of drug-likeness (QED) is 0.577. The Morgan fingerprint density at radius 1 is 1.03 bits per heavy atom. The maximum atomic E-state index is 12.4. The molecule has 176 valence electrons. The van der Waals surface area contributed by atoms with Crippen LogP contribution < -0.4 is 0 Å². The van der Waals surface area contributed by atoms with Crippen molar-refractivity contribution in [2.24, 2.45) is 40.4 Å². The summed E-state index contributed by atoms with van der Waals surface area (Å²) < 4.78 is 17.8. The summed E-state index contributed by atoms with van der Waals surface area (Å²) in [7, 11) is 5.24. The van der Waals surface area contributed by atoms with Crippen LogP contribution in [0.2, 0.25) is 0 Å². The summed E-state index contributed by atoms with van der Waals surface area (Å²) in [5, 5.41) is 35.3. The van der Waals surface area contributed by atoms with Crippen molar-refractivity contribution in [3.63, 3.8) is 0 Å². The van der Waals surface area contributed by atoms with Crippen molar-refractivity contribution in [2.45, 2.75) is 68.7 Å². The monoisotopic (exact) mass is 437 g/mol. The Morgan fingerprint density at radius 3 is 2.45 bits per heavy atom. The van der Waals surface area contributed by atoms with E-state index in [-0.39, 0.29) is 58.7 Å². The van der Waals surface area contributed by atoms with Gasteiger partial charge in [0.15, 0.2) is 0 Å². The molecule has 6 rings (SSSR count). The molecule has 1 heterocycles. The molecule has 3 N–H and O–H groups in total. The molecule has 1 spiro atoms. The van der Waals surface area contributed by atoms with Gasteiger partial charge in [0.1, 0.15) is 0 Å². The highest BCUT2D eigenvalue weighted by Gasteiger charge is 2.84. The number of aliphatic hydroxyl groups is 3. The molecule has 0 amide bonds. The fourth-order valence-corrected chi connectivity index (χ4v) is 10.6. The van der Waals surface area contributed by atoms with Gasteiger partial charge in [-0.1, -0.05) is 6.92 Å². The Morgan fingerprint density at radius 2 is 1.81 bits per heavy atom. The van der Waals surface area contributed by atoms with Crippen molar-refractivity contribution in [3.05, 3.63) is 0 Å². The largest absolute Gasteiger partial charge is 0.392 e. The molecule has 6 aliphatic rings. The molecular weight excluding hydrogens is 398 g/mol. The van der Waals surface area contributed by atoms with Crippen molar-refractivity contribution in [3.8, 4) is 0 Å². The molecule has 5 saturated carbocycles. The van der Waals surface area contributed by atoms with Gasteiger partial charge in [0.2, 0.25) is 0 Å². The average molecular weight is 438 g/mol. The van der Waals surface area contributed by atoms with Gasteiger partial charge < -0.3 is 29.5 Å². The van der Waals surface area contributed by atoms with E-state index in [0.29, 0.717) is 19.4 Å². The van der Waals surface area contributed by atoms with Crippen LogP contribution in [0.5, 0.6) is 0 Å².